The van der Waals surface area contributed by atoms with Gasteiger partial charge in [0.05, 0.1) is 15.1 Å². The van der Waals surface area contributed by atoms with Crippen molar-refractivity contribution in [2.75, 3.05) is 10.0 Å². The SMILES string of the molecule is Cc1ccc(C)c2sc(NC(=O)c3ccc(NS(=O)(=O)c4ccccc4)cc3)nc12. The third-order valence-corrected chi connectivity index (χ3v) is 7.12. The molecular formula is C22H19N3O3S2. The molecule has 0 atom stereocenters. The summed E-state index contributed by atoms with van der Waals surface area (Å²) in [5, 5.41) is 3.35. The summed E-state index contributed by atoms with van der Waals surface area (Å²) >= 11 is 1.43. The van der Waals surface area contributed by atoms with E-state index in [2.05, 4.69) is 15.0 Å². The largest absolute Gasteiger partial charge is 0.298 e. The van der Waals surface area contributed by atoms with Crippen LogP contribution in [0, 0.1) is 13.8 Å². The van der Waals surface area contributed by atoms with Crippen molar-refractivity contribution in [3.05, 3.63) is 83.4 Å². The fraction of sp³-hybridized carbons (Fsp3) is 0.0909. The molecular weight excluding hydrogens is 418 g/mol. The molecule has 0 aliphatic carbocycles. The lowest BCUT2D eigenvalue weighted by atomic mass is 10.1. The van der Waals surface area contributed by atoms with Gasteiger partial charge in [-0.3, -0.25) is 14.8 Å². The van der Waals surface area contributed by atoms with Crippen molar-refractivity contribution in [3.8, 4) is 0 Å². The highest BCUT2D eigenvalue weighted by Crippen LogP contribution is 2.31. The average Bonchev–Trinajstić information content (AvgIpc) is 3.17. The molecule has 4 aromatic rings. The van der Waals surface area contributed by atoms with E-state index >= 15 is 0 Å². The molecule has 1 aromatic heterocycles. The number of amides is 1. The number of sulfonamides is 1. The van der Waals surface area contributed by atoms with Gasteiger partial charge in [0.15, 0.2) is 5.13 Å². The summed E-state index contributed by atoms with van der Waals surface area (Å²) in [6.45, 7) is 4.00. The lowest BCUT2D eigenvalue weighted by molar-refractivity contribution is 0.102. The van der Waals surface area contributed by atoms with Crippen LogP contribution in [-0.2, 0) is 10.0 Å². The van der Waals surface area contributed by atoms with E-state index in [4.69, 9.17) is 0 Å². The standard InChI is InChI=1S/C22H19N3O3S2/c1-14-8-9-15(2)20-19(14)23-22(29-20)24-21(26)16-10-12-17(13-11-16)25-30(27,28)18-6-4-3-5-7-18/h3-13,25H,1-2H3,(H,23,24,26). The van der Waals surface area contributed by atoms with Crippen molar-refractivity contribution >= 4 is 48.3 Å². The minimum Gasteiger partial charge on any atom is -0.298 e. The number of rotatable bonds is 5. The van der Waals surface area contributed by atoms with E-state index in [1.54, 1.807) is 42.5 Å². The first-order valence-corrected chi connectivity index (χ1v) is 11.5. The Hall–Kier alpha value is -3.23. The molecule has 2 N–H and O–H groups in total. The zero-order valence-corrected chi connectivity index (χ0v) is 18.0. The van der Waals surface area contributed by atoms with Gasteiger partial charge < -0.3 is 0 Å². The molecule has 0 aliphatic heterocycles. The minimum absolute atomic E-state index is 0.174. The molecule has 1 amide bonds. The number of aromatic nitrogens is 1. The molecule has 0 saturated heterocycles. The monoisotopic (exact) mass is 437 g/mol. The van der Waals surface area contributed by atoms with Gasteiger partial charge in [0.25, 0.3) is 15.9 Å². The maximum absolute atomic E-state index is 12.6. The highest BCUT2D eigenvalue weighted by molar-refractivity contribution is 7.92. The predicted octanol–water partition coefficient (Wildman–Crippen LogP) is 4.97. The molecule has 0 saturated carbocycles. The van der Waals surface area contributed by atoms with Gasteiger partial charge in [-0.1, -0.05) is 41.7 Å². The van der Waals surface area contributed by atoms with Gasteiger partial charge in [-0.25, -0.2) is 13.4 Å². The molecule has 0 unspecified atom stereocenters. The molecule has 0 radical (unpaired) electrons. The van der Waals surface area contributed by atoms with Crippen LogP contribution < -0.4 is 10.0 Å². The fourth-order valence-electron chi connectivity index (χ4n) is 2.99. The average molecular weight is 438 g/mol. The van der Waals surface area contributed by atoms with Crippen LogP contribution in [0.15, 0.2) is 71.6 Å². The fourth-order valence-corrected chi connectivity index (χ4v) is 5.07. The molecule has 0 aliphatic rings. The smallest absolute Gasteiger partial charge is 0.261 e. The minimum atomic E-state index is -3.68. The van der Waals surface area contributed by atoms with Crippen LogP contribution in [0.4, 0.5) is 10.8 Å². The third-order valence-electron chi connectivity index (χ3n) is 4.62. The van der Waals surface area contributed by atoms with Gasteiger partial charge in [-0.2, -0.15) is 0 Å². The Balaban J connectivity index is 1.50. The Morgan fingerprint density at radius 2 is 1.57 bits per heavy atom. The molecule has 8 heteroatoms. The van der Waals surface area contributed by atoms with Crippen LogP contribution in [0.3, 0.4) is 0 Å². The van der Waals surface area contributed by atoms with E-state index in [-0.39, 0.29) is 10.8 Å². The van der Waals surface area contributed by atoms with E-state index < -0.39 is 10.0 Å². The number of aryl methyl sites for hydroxylation is 2. The van der Waals surface area contributed by atoms with Gasteiger partial charge >= 0.3 is 0 Å². The first-order valence-electron chi connectivity index (χ1n) is 9.19. The Labute approximate surface area is 178 Å². The first-order chi connectivity index (χ1) is 14.3. The number of hydrogen-bond acceptors (Lipinski definition) is 5. The van der Waals surface area contributed by atoms with Crippen molar-refractivity contribution < 1.29 is 13.2 Å². The van der Waals surface area contributed by atoms with Crippen LogP contribution >= 0.6 is 11.3 Å². The van der Waals surface area contributed by atoms with Gasteiger partial charge in [-0.05, 0) is 61.4 Å². The number of carbonyl (C=O) groups excluding carboxylic acids is 1. The number of thiazole rings is 1. The molecule has 3 aromatic carbocycles. The van der Waals surface area contributed by atoms with Crippen LogP contribution in [0.25, 0.3) is 10.2 Å². The quantitative estimate of drug-likeness (QED) is 0.462. The Morgan fingerprint density at radius 3 is 2.23 bits per heavy atom. The molecule has 0 spiro atoms. The summed E-state index contributed by atoms with van der Waals surface area (Å²) in [6, 6.07) is 18.4. The summed E-state index contributed by atoms with van der Waals surface area (Å²) in [6.07, 6.45) is 0. The number of benzene rings is 3. The summed E-state index contributed by atoms with van der Waals surface area (Å²) in [5.41, 5.74) is 3.85. The second-order valence-corrected chi connectivity index (χ2v) is 9.53. The van der Waals surface area contributed by atoms with Gasteiger partial charge in [0, 0.05) is 11.3 Å². The van der Waals surface area contributed by atoms with Crippen molar-refractivity contribution in [1.29, 1.82) is 0 Å². The van der Waals surface area contributed by atoms with Crippen LogP contribution in [-0.4, -0.2) is 19.3 Å². The lowest BCUT2D eigenvalue weighted by Gasteiger charge is -2.08. The maximum atomic E-state index is 12.6. The van der Waals surface area contributed by atoms with E-state index in [0.717, 1.165) is 21.3 Å². The number of hydrogen-bond donors (Lipinski definition) is 2. The van der Waals surface area contributed by atoms with E-state index in [0.29, 0.717) is 16.4 Å². The van der Waals surface area contributed by atoms with Gasteiger partial charge in [0.2, 0.25) is 0 Å². The van der Waals surface area contributed by atoms with E-state index in [1.807, 2.05) is 26.0 Å². The molecule has 6 nitrogen and oxygen atoms in total. The van der Waals surface area contributed by atoms with Crippen molar-refractivity contribution in [1.82, 2.24) is 4.98 Å². The second-order valence-electron chi connectivity index (χ2n) is 6.85. The number of anilines is 2. The molecule has 1 heterocycles. The Kier molecular flexibility index (Phi) is 5.27. The zero-order chi connectivity index (χ0) is 21.3. The number of nitrogens with one attached hydrogen (secondary N) is 2. The summed E-state index contributed by atoms with van der Waals surface area (Å²) in [7, 11) is -3.68. The zero-order valence-electron chi connectivity index (χ0n) is 16.3. The number of nitrogens with zero attached hydrogens (tertiary/aromatic N) is 1. The van der Waals surface area contributed by atoms with Crippen LogP contribution in [0.2, 0.25) is 0 Å². The van der Waals surface area contributed by atoms with E-state index in [9.17, 15) is 13.2 Å². The van der Waals surface area contributed by atoms with Gasteiger partial charge in [-0.15, -0.1) is 0 Å². The Bertz CT molecular complexity index is 1290. The van der Waals surface area contributed by atoms with Crippen molar-refractivity contribution in [3.63, 3.8) is 0 Å². The first kappa shape index (κ1) is 20.1. The van der Waals surface area contributed by atoms with Crippen molar-refractivity contribution in [2.24, 2.45) is 0 Å². The second kappa shape index (κ2) is 7.89. The maximum Gasteiger partial charge on any atom is 0.261 e. The molecule has 30 heavy (non-hydrogen) atoms. The van der Waals surface area contributed by atoms with E-state index in [1.165, 1.54) is 23.5 Å². The molecule has 152 valence electrons. The number of fused-ring (bicyclic) bond motifs is 1. The summed E-state index contributed by atoms with van der Waals surface area (Å²) in [4.78, 5) is 17.3. The predicted molar refractivity (Wildman–Crippen MR) is 121 cm³/mol. The molecule has 0 bridgehead atoms. The normalized spacial score (nSPS) is 11.4. The third kappa shape index (κ3) is 4.05. The van der Waals surface area contributed by atoms with Crippen LogP contribution in [0.1, 0.15) is 21.5 Å². The molecule has 0 fully saturated rings. The molecule has 4 rings (SSSR count). The Morgan fingerprint density at radius 1 is 0.900 bits per heavy atom. The highest BCUT2D eigenvalue weighted by atomic mass is 32.2. The van der Waals surface area contributed by atoms with Gasteiger partial charge in [0.1, 0.15) is 0 Å². The highest BCUT2D eigenvalue weighted by Gasteiger charge is 2.15. The summed E-state index contributed by atoms with van der Waals surface area (Å²) in [5.74, 6) is -0.304. The van der Waals surface area contributed by atoms with Crippen molar-refractivity contribution in [2.45, 2.75) is 18.7 Å². The van der Waals surface area contributed by atoms with Crippen LogP contribution in [0.5, 0.6) is 0 Å². The number of carbonyl (C=O) groups is 1. The topological polar surface area (TPSA) is 88.2 Å². The summed E-state index contributed by atoms with van der Waals surface area (Å²) < 4.78 is 28.4. The lowest BCUT2D eigenvalue weighted by Crippen LogP contribution is -2.14.